The van der Waals surface area contributed by atoms with E-state index in [0.717, 1.165) is 12.8 Å². The Bertz CT molecular complexity index is 267. The Morgan fingerprint density at radius 3 is 2.69 bits per heavy atom. The van der Waals surface area contributed by atoms with Crippen molar-refractivity contribution in [2.24, 2.45) is 0 Å². The summed E-state index contributed by atoms with van der Waals surface area (Å²) in [4.78, 5) is 23.1. The van der Waals surface area contributed by atoms with Gasteiger partial charge in [-0.3, -0.25) is 4.79 Å². The first-order chi connectivity index (χ1) is 6.16. The van der Waals surface area contributed by atoms with Crippen LogP contribution in [0.4, 0.5) is 0 Å². The third-order valence-corrected chi connectivity index (χ3v) is 2.17. The molecule has 1 fully saturated rings. The highest BCUT2D eigenvalue weighted by atomic mass is 16.4. The number of carboxylic acid groups (broad SMARTS) is 1. The van der Waals surface area contributed by atoms with Crippen molar-refractivity contribution in [3.63, 3.8) is 0 Å². The fraction of sp³-hybridized carbons (Fsp3) is 0.556. The molecular weight excluding hydrogens is 170 g/mol. The number of nitrogens with zero attached hydrogens (tertiary/aromatic N) is 1. The molecule has 1 heterocycles. The normalized spacial score (nSPS) is 22.1. The number of hydrogen-bond acceptors (Lipinski definition) is 2. The van der Waals surface area contributed by atoms with Gasteiger partial charge in [-0.2, -0.15) is 0 Å². The van der Waals surface area contributed by atoms with Gasteiger partial charge in [-0.05, 0) is 25.2 Å². The lowest BCUT2D eigenvalue weighted by Crippen LogP contribution is -2.47. The molecule has 13 heavy (non-hydrogen) atoms. The van der Waals surface area contributed by atoms with Crippen molar-refractivity contribution in [1.82, 2.24) is 4.90 Å². The molecule has 0 aromatic rings. The maximum absolute atomic E-state index is 11.1. The largest absolute Gasteiger partial charge is 0.480 e. The van der Waals surface area contributed by atoms with E-state index in [0.29, 0.717) is 13.0 Å². The van der Waals surface area contributed by atoms with E-state index in [9.17, 15) is 9.59 Å². The number of hydrogen-bond donors (Lipinski definition) is 1. The molecule has 1 atom stereocenters. The second-order valence-corrected chi connectivity index (χ2v) is 2.99. The van der Waals surface area contributed by atoms with Gasteiger partial charge < -0.3 is 10.0 Å². The average Bonchev–Trinajstić information content (AvgIpc) is 2.16. The molecule has 0 aromatic carbocycles. The lowest BCUT2D eigenvalue weighted by molar-refractivity contribution is -0.149. The number of piperidine rings is 1. The van der Waals surface area contributed by atoms with E-state index >= 15 is 0 Å². The fourth-order valence-electron chi connectivity index (χ4n) is 1.51. The van der Waals surface area contributed by atoms with Crippen molar-refractivity contribution >= 4 is 11.9 Å². The zero-order chi connectivity index (χ0) is 9.84. The minimum Gasteiger partial charge on any atom is -0.480 e. The van der Waals surface area contributed by atoms with Crippen LogP contribution in [0.1, 0.15) is 19.3 Å². The summed E-state index contributed by atoms with van der Waals surface area (Å²) in [5.41, 5.74) is 0. The molecular formula is C9H11NO3. The Balaban J connectivity index is 2.74. The van der Waals surface area contributed by atoms with Crippen molar-refractivity contribution in [2.45, 2.75) is 25.3 Å². The number of carbonyl (C=O) groups is 2. The molecule has 1 saturated heterocycles. The lowest BCUT2D eigenvalue weighted by atomic mass is 10.0. The fourth-order valence-corrected chi connectivity index (χ4v) is 1.51. The molecule has 0 bridgehead atoms. The van der Waals surface area contributed by atoms with Crippen LogP contribution in [-0.4, -0.2) is 34.5 Å². The Hall–Kier alpha value is -1.50. The van der Waals surface area contributed by atoms with Crippen LogP contribution >= 0.6 is 0 Å². The van der Waals surface area contributed by atoms with Gasteiger partial charge in [-0.15, -0.1) is 6.42 Å². The first-order valence-corrected chi connectivity index (χ1v) is 4.17. The number of carbonyl (C=O) groups excluding carboxylic acids is 1. The second kappa shape index (κ2) is 3.94. The Morgan fingerprint density at radius 1 is 1.46 bits per heavy atom. The van der Waals surface area contributed by atoms with E-state index in [2.05, 4.69) is 0 Å². The zero-order valence-corrected chi connectivity index (χ0v) is 7.19. The quantitative estimate of drug-likeness (QED) is 0.583. The van der Waals surface area contributed by atoms with E-state index in [4.69, 9.17) is 11.5 Å². The lowest BCUT2D eigenvalue weighted by Gasteiger charge is -2.31. The Kier molecular flexibility index (Phi) is 2.91. The minimum absolute atomic E-state index is 0.458. The summed E-state index contributed by atoms with van der Waals surface area (Å²) >= 11 is 0. The van der Waals surface area contributed by atoms with Gasteiger partial charge in [0, 0.05) is 6.54 Å². The molecule has 0 aromatic heterocycles. The molecule has 1 rings (SSSR count). The third kappa shape index (κ3) is 2.00. The van der Waals surface area contributed by atoms with Crippen molar-refractivity contribution in [2.75, 3.05) is 6.54 Å². The number of amides is 1. The predicted molar refractivity (Wildman–Crippen MR) is 45.8 cm³/mol. The highest BCUT2D eigenvalue weighted by molar-refractivity contribution is 5.95. The van der Waals surface area contributed by atoms with Gasteiger partial charge in [0.1, 0.15) is 6.04 Å². The molecule has 1 aliphatic heterocycles. The van der Waals surface area contributed by atoms with Crippen LogP contribution < -0.4 is 0 Å². The van der Waals surface area contributed by atoms with Crippen LogP contribution in [0.2, 0.25) is 0 Å². The number of likely N-dealkylation sites (tertiary alicyclic amines) is 1. The van der Waals surface area contributed by atoms with Crippen molar-refractivity contribution in [3.8, 4) is 12.3 Å². The van der Waals surface area contributed by atoms with Crippen LogP contribution in [0.3, 0.4) is 0 Å². The molecule has 0 radical (unpaired) electrons. The van der Waals surface area contributed by atoms with E-state index < -0.39 is 17.9 Å². The molecule has 1 amide bonds. The molecule has 70 valence electrons. The average molecular weight is 181 g/mol. The minimum atomic E-state index is -0.969. The highest BCUT2D eigenvalue weighted by Gasteiger charge is 2.30. The SMILES string of the molecule is C#CC(=O)N1CCCCC1C(=O)O. The van der Waals surface area contributed by atoms with Gasteiger partial charge >= 0.3 is 5.97 Å². The summed E-state index contributed by atoms with van der Waals surface area (Å²) in [5, 5.41) is 8.79. The van der Waals surface area contributed by atoms with E-state index in [1.165, 1.54) is 4.90 Å². The predicted octanol–water partition coefficient (Wildman–Crippen LogP) is 0.0853. The molecule has 1 N–H and O–H groups in total. The molecule has 1 aliphatic rings. The summed E-state index contributed by atoms with van der Waals surface area (Å²) < 4.78 is 0. The van der Waals surface area contributed by atoms with Gasteiger partial charge in [0.25, 0.3) is 5.91 Å². The van der Waals surface area contributed by atoms with Gasteiger partial charge in [0.15, 0.2) is 0 Å². The third-order valence-electron chi connectivity index (χ3n) is 2.17. The van der Waals surface area contributed by atoms with Gasteiger partial charge in [-0.25, -0.2) is 4.79 Å². The summed E-state index contributed by atoms with van der Waals surface area (Å²) in [6, 6.07) is -0.725. The maximum Gasteiger partial charge on any atom is 0.326 e. The first kappa shape index (κ1) is 9.59. The van der Waals surface area contributed by atoms with Crippen molar-refractivity contribution < 1.29 is 14.7 Å². The molecule has 1 unspecified atom stereocenters. The van der Waals surface area contributed by atoms with E-state index in [1.807, 2.05) is 5.92 Å². The van der Waals surface area contributed by atoms with Crippen molar-refractivity contribution in [1.29, 1.82) is 0 Å². The standard InChI is InChI=1S/C9H11NO3/c1-2-8(11)10-6-4-3-5-7(10)9(12)13/h1,7H,3-6H2,(H,12,13). The van der Waals surface area contributed by atoms with E-state index in [1.54, 1.807) is 0 Å². The molecule has 0 saturated carbocycles. The molecule has 4 nitrogen and oxygen atoms in total. The smallest absolute Gasteiger partial charge is 0.326 e. The molecule has 4 heteroatoms. The molecule has 0 spiro atoms. The summed E-state index contributed by atoms with van der Waals surface area (Å²) in [6.07, 6.45) is 7.10. The van der Waals surface area contributed by atoms with Crippen LogP contribution in [0.15, 0.2) is 0 Å². The first-order valence-electron chi connectivity index (χ1n) is 4.17. The van der Waals surface area contributed by atoms with Crippen LogP contribution in [0.5, 0.6) is 0 Å². The zero-order valence-electron chi connectivity index (χ0n) is 7.19. The highest BCUT2D eigenvalue weighted by Crippen LogP contribution is 2.16. The maximum atomic E-state index is 11.1. The summed E-state index contributed by atoms with van der Waals surface area (Å²) in [5.74, 6) is 0.453. The number of carboxylic acids is 1. The van der Waals surface area contributed by atoms with Crippen LogP contribution in [0.25, 0.3) is 0 Å². The second-order valence-electron chi connectivity index (χ2n) is 2.99. The Labute approximate surface area is 76.5 Å². The van der Waals surface area contributed by atoms with Gasteiger partial charge in [0.2, 0.25) is 0 Å². The summed E-state index contributed by atoms with van der Waals surface area (Å²) in [7, 11) is 0. The monoisotopic (exact) mass is 181 g/mol. The number of aliphatic carboxylic acids is 1. The van der Waals surface area contributed by atoms with Crippen LogP contribution in [0, 0.1) is 12.3 Å². The Morgan fingerprint density at radius 2 is 2.15 bits per heavy atom. The number of terminal acetylenes is 1. The van der Waals surface area contributed by atoms with Gasteiger partial charge in [-0.1, -0.05) is 0 Å². The van der Waals surface area contributed by atoms with Crippen molar-refractivity contribution in [3.05, 3.63) is 0 Å². The van der Waals surface area contributed by atoms with Gasteiger partial charge in [0.05, 0.1) is 0 Å². The number of rotatable bonds is 1. The van der Waals surface area contributed by atoms with E-state index in [-0.39, 0.29) is 0 Å². The molecule has 0 aliphatic carbocycles. The van der Waals surface area contributed by atoms with Crippen LogP contribution in [-0.2, 0) is 9.59 Å². The summed E-state index contributed by atoms with van der Waals surface area (Å²) in [6.45, 7) is 0.458. The topological polar surface area (TPSA) is 57.6 Å².